The van der Waals surface area contributed by atoms with Gasteiger partial charge in [-0.05, 0) is 36.1 Å². The molecule has 0 radical (unpaired) electrons. The van der Waals surface area contributed by atoms with E-state index in [9.17, 15) is 4.79 Å². The summed E-state index contributed by atoms with van der Waals surface area (Å²) >= 11 is 1.60. The summed E-state index contributed by atoms with van der Waals surface area (Å²) in [5, 5.41) is 3.75. The molecule has 1 aromatic heterocycles. The zero-order valence-electron chi connectivity index (χ0n) is 21.7. The molecule has 2 aromatic carbocycles. The van der Waals surface area contributed by atoms with E-state index in [0.29, 0.717) is 17.9 Å². The third kappa shape index (κ3) is 7.31. The first-order valence-corrected chi connectivity index (χ1v) is 13.5. The van der Waals surface area contributed by atoms with Crippen LogP contribution < -0.4 is 10.2 Å². The fourth-order valence-corrected chi connectivity index (χ4v) is 4.86. The highest BCUT2D eigenvalue weighted by Gasteiger charge is 2.20. The summed E-state index contributed by atoms with van der Waals surface area (Å²) in [6.07, 6.45) is 2.21. The summed E-state index contributed by atoms with van der Waals surface area (Å²) in [6.45, 7) is 8.63. The van der Waals surface area contributed by atoms with Crippen LogP contribution in [-0.4, -0.2) is 42.2 Å². The summed E-state index contributed by atoms with van der Waals surface area (Å²) in [5.74, 6) is 1.53. The smallest absolute Gasteiger partial charge is 0.251 e. The molecule has 0 saturated carbocycles. The Morgan fingerprint density at radius 1 is 1.08 bits per heavy atom. The second-order valence-electron chi connectivity index (χ2n) is 10.3. The van der Waals surface area contributed by atoms with E-state index < -0.39 is 0 Å². The number of ether oxygens (including phenoxy) is 1. The van der Waals surface area contributed by atoms with E-state index >= 15 is 0 Å². The van der Waals surface area contributed by atoms with Gasteiger partial charge in [-0.15, -0.1) is 0 Å². The maximum absolute atomic E-state index is 12.6. The Morgan fingerprint density at radius 3 is 2.58 bits per heavy atom. The van der Waals surface area contributed by atoms with Crippen molar-refractivity contribution in [2.45, 2.75) is 62.6 Å². The van der Waals surface area contributed by atoms with E-state index in [4.69, 9.17) is 14.7 Å². The van der Waals surface area contributed by atoms with Crippen molar-refractivity contribution in [2.24, 2.45) is 0 Å². The molecular formula is C29H36N4O2S. The van der Waals surface area contributed by atoms with Crippen molar-refractivity contribution >= 4 is 23.5 Å². The fourth-order valence-electron chi connectivity index (χ4n) is 4.06. The molecule has 1 N–H and O–H groups in total. The summed E-state index contributed by atoms with van der Waals surface area (Å²) in [5.41, 5.74) is 3.88. The maximum Gasteiger partial charge on any atom is 0.251 e. The average Bonchev–Trinajstić information content (AvgIpc) is 3.40. The second kappa shape index (κ2) is 11.9. The van der Waals surface area contributed by atoms with Crippen LogP contribution in [-0.2, 0) is 22.4 Å². The van der Waals surface area contributed by atoms with Gasteiger partial charge in [0.05, 0.1) is 11.8 Å². The van der Waals surface area contributed by atoms with Crippen molar-refractivity contribution in [3.63, 3.8) is 0 Å². The van der Waals surface area contributed by atoms with Gasteiger partial charge in [0.1, 0.15) is 5.82 Å². The SMILES string of the molecule is CN(Cc1ccccc1)c1cc(C(C)(C)C)nc(SCc2cccc(C(=O)NC[C@H]3CCCO3)c2)n1. The Kier molecular flexibility index (Phi) is 8.64. The molecule has 1 saturated heterocycles. The number of hydrogen-bond donors (Lipinski definition) is 1. The van der Waals surface area contributed by atoms with Gasteiger partial charge in [0.2, 0.25) is 0 Å². The third-order valence-electron chi connectivity index (χ3n) is 6.19. The molecule has 2 heterocycles. The molecule has 1 aliphatic rings. The molecule has 6 nitrogen and oxygen atoms in total. The average molecular weight is 505 g/mol. The van der Waals surface area contributed by atoms with E-state index in [-0.39, 0.29) is 17.4 Å². The van der Waals surface area contributed by atoms with Crippen LogP contribution in [0.2, 0.25) is 0 Å². The molecule has 190 valence electrons. The lowest BCUT2D eigenvalue weighted by Gasteiger charge is -2.23. The molecule has 0 aliphatic carbocycles. The standard InChI is InChI=1S/C29H36N4O2S/c1-29(2,3)25-17-26(33(4)19-21-10-6-5-7-11-21)32-28(31-25)36-20-22-12-8-13-23(16-22)27(34)30-18-24-14-9-15-35-24/h5-8,10-13,16-17,24H,9,14-15,18-20H2,1-4H3,(H,30,34)/t24-/m1/s1. The molecule has 1 fully saturated rings. The van der Waals surface area contributed by atoms with Crippen LogP contribution in [0.1, 0.15) is 60.8 Å². The van der Waals surface area contributed by atoms with E-state index in [1.54, 1.807) is 11.8 Å². The number of nitrogens with zero attached hydrogens (tertiary/aromatic N) is 3. The van der Waals surface area contributed by atoms with Crippen LogP contribution in [0.3, 0.4) is 0 Å². The van der Waals surface area contributed by atoms with Gasteiger partial charge in [0.25, 0.3) is 5.91 Å². The minimum absolute atomic E-state index is 0.0619. The Labute approximate surface area is 218 Å². The molecule has 3 aromatic rings. The van der Waals surface area contributed by atoms with E-state index in [0.717, 1.165) is 48.2 Å². The molecule has 0 bridgehead atoms. The largest absolute Gasteiger partial charge is 0.376 e. The van der Waals surface area contributed by atoms with Crippen molar-refractivity contribution in [2.75, 3.05) is 25.1 Å². The van der Waals surface area contributed by atoms with Gasteiger partial charge in [-0.25, -0.2) is 9.97 Å². The zero-order chi connectivity index (χ0) is 25.5. The van der Waals surface area contributed by atoms with Crippen LogP contribution >= 0.6 is 11.8 Å². The Bertz CT molecular complexity index is 1160. The van der Waals surface area contributed by atoms with Crippen molar-refractivity contribution in [1.82, 2.24) is 15.3 Å². The van der Waals surface area contributed by atoms with E-state index in [1.165, 1.54) is 5.56 Å². The summed E-state index contributed by atoms with van der Waals surface area (Å²) in [7, 11) is 2.06. The number of aromatic nitrogens is 2. The van der Waals surface area contributed by atoms with Crippen LogP contribution in [0, 0.1) is 0 Å². The van der Waals surface area contributed by atoms with Crippen LogP contribution in [0.15, 0.2) is 65.8 Å². The van der Waals surface area contributed by atoms with Crippen LogP contribution in [0.4, 0.5) is 5.82 Å². The van der Waals surface area contributed by atoms with Gasteiger partial charge in [-0.3, -0.25) is 4.79 Å². The number of carbonyl (C=O) groups excluding carboxylic acids is 1. The number of amides is 1. The topological polar surface area (TPSA) is 67.4 Å². The lowest BCUT2D eigenvalue weighted by atomic mass is 9.92. The molecular weight excluding hydrogens is 468 g/mol. The Balaban J connectivity index is 1.45. The van der Waals surface area contributed by atoms with Gasteiger partial charge in [-0.2, -0.15) is 0 Å². The van der Waals surface area contributed by atoms with Gasteiger partial charge in [0.15, 0.2) is 5.16 Å². The molecule has 1 atom stereocenters. The second-order valence-corrected chi connectivity index (χ2v) is 11.3. The highest BCUT2D eigenvalue weighted by atomic mass is 32.2. The van der Waals surface area contributed by atoms with Gasteiger partial charge < -0.3 is 15.0 Å². The minimum Gasteiger partial charge on any atom is -0.376 e. The normalized spacial score (nSPS) is 15.6. The predicted octanol–water partition coefficient (Wildman–Crippen LogP) is 5.61. The van der Waals surface area contributed by atoms with Gasteiger partial charge in [-0.1, -0.05) is 75.0 Å². The first-order valence-electron chi connectivity index (χ1n) is 12.5. The zero-order valence-corrected chi connectivity index (χ0v) is 22.5. The Hall–Kier alpha value is -2.90. The lowest BCUT2D eigenvalue weighted by Crippen LogP contribution is -2.31. The number of thioether (sulfide) groups is 1. The number of benzene rings is 2. The molecule has 7 heteroatoms. The highest BCUT2D eigenvalue weighted by Crippen LogP contribution is 2.28. The summed E-state index contributed by atoms with van der Waals surface area (Å²) in [6, 6.07) is 20.3. The van der Waals surface area contributed by atoms with E-state index in [2.05, 4.69) is 68.4 Å². The summed E-state index contributed by atoms with van der Waals surface area (Å²) in [4.78, 5) is 24.6. The maximum atomic E-state index is 12.6. The molecule has 36 heavy (non-hydrogen) atoms. The van der Waals surface area contributed by atoms with E-state index in [1.807, 2.05) is 30.3 Å². The number of anilines is 1. The number of carbonyl (C=O) groups is 1. The predicted molar refractivity (Wildman–Crippen MR) is 147 cm³/mol. The molecule has 4 rings (SSSR count). The minimum atomic E-state index is -0.0956. The molecule has 0 spiro atoms. The monoisotopic (exact) mass is 504 g/mol. The van der Waals surface area contributed by atoms with Gasteiger partial charge >= 0.3 is 0 Å². The molecule has 0 unspecified atom stereocenters. The first kappa shape index (κ1) is 26.2. The van der Waals surface area contributed by atoms with Crippen LogP contribution in [0.5, 0.6) is 0 Å². The van der Waals surface area contributed by atoms with Crippen LogP contribution in [0.25, 0.3) is 0 Å². The van der Waals surface area contributed by atoms with Crippen molar-refractivity contribution in [1.29, 1.82) is 0 Å². The van der Waals surface area contributed by atoms with Gasteiger partial charge in [0, 0.05) is 49.5 Å². The number of hydrogen-bond acceptors (Lipinski definition) is 6. The van der Waals surface area contributed by atoms with Crippen molar-refractivity contribution in [3.8, 4) is 0 Å². The number of rotatable bonds is 9. The fraction of sp³-hybridized carbons (Fsp3) is 0.414. The third-order valence-corrected chi connectivity index (χ3v) is 7.10. The highest BCUT2D eigenvalue weighted by molar-refractivity contribution is 7.98. The van der Waals surface area contributed by atoms with Crippen molar-refractivity contribution in [3.05, 3.63) is 83.0 Å². The molecule has 1 amide bonds. The Morgan fingerprint density at radius 2 is 1.86 bits per heavy atom. The number of nitrogens with one attached hydrogen (secondary N) is 1. The first-order chi connectivity index (χ1) is 17.3. The lowest BCUT2D eigenvalue weighted by molar-refractivity contribution is 0.0857. The molecule has 1 aliphatic heterocycles. The summed E-state index contributed by atoms with van der Waals surface area (Å²) < 4.78 is 5.61. The quantitative estimate of drug-likeness (QED) is 0.302. The van der Waals surface area contributed by atoms with Crippen molar-refractivity contribution < 1.29 is 9.53 Å².